The van der Waals surface area contributed by atoms with Crippen molar-refractivity contribution in [2.24, 2.45) is 10.9 Å². The van der Waals surface area contributed by atoms with Crippen molar-refractivity contribution >= 4 is 62.5 Å². The highest BCUT2D eigenvalue weighted by Gasteiger charge is 2.58. The molecule has 2 fully saturated rings. The van der Waals surface area contributed by atoms with E-state index >= 15 is 4.39 Å². The standard InChI is InChI=1S/C43H60FN9O14S2/c1-39(2,3)63-35(56)30(21-62-28-15-13-26(14-16-28)27-19-51(18-12-17-45)52(20-27)25-43(44)23-50(24-43)38(58)65-41(7,8)9)66-49-31(29-22-68-36(46-29)48-37(57)64-40(4,5)6)33(54)47-32-34(55)53(42(32,10)11)67-69(59,60)61/h13-16,19-20,22,30,32H,12,17-18,21,23-25,45H2,1-11H3,(H2-,46,47,48,54,57,59,60,61)/p+1/b49-31-/t30?,32-/m1/s1. The van der Waals surface area contributed by atoms with Crippen LogP contribution in [0.1, 0.15) is 88.3 Å². The second-order valence-corrected chi connectivity index (χ2v) is 21.7. The number of likely N-dealkylation sites (tertiary alicyclic amines) is 1. The van der Waals surface area contributed by atoms with E-state index in [-0.39, 0.29) is 36.2 Å². The molecule has 69 heavy (non-hydrogen) atoms. The molecule has 2 aliphatic heterocycles. The average Bonchev–Trinajstić information content (AvgIpc) is 3.82. The third kappa shape index (κ3) is 15.0. The van der Waals surface area contributed by atoms with Crippen molar-refractivity contribution in [1.82, 2.24) is 24.9 Å². The van der Waals surface area contributed by atoms with Gasteiger partial charge < -0.3 is 39.7 Å². The highest BCUT2D eigenvalue weighted by atomic mass is 32.3. The summed E-state index contributed by atoms with van der Waals surface area (Å²) in [5.41, 5.74) is 0.736. The van der Waals surface area contributed by atoms with Crippen LogP contribution in [0.15, 0.2) is 47.2 Å². The zero-order chi connectivity index (χ0) is 51.5. The van der Waals surface area contributed by atoms with Gasteiger partial charge in [-0.3, -0.25) is 19.5 Å². The fraction of sp³-hybridized carbons (Fsp3) is 0.581. The van der Waals surface area contributed by atoms with Gasteiger partial charge in [-0.05, 0) is 107 Å². The van der Waals surface area contributed by atoms with Crippen LogP contribution in [0.5, 0.6) is 5.75 Å². The minimum atomic E-state index is -5.10. The zero-order valence-electron chi connectivity index (χ0n) is 40.4. The van der Waals surface area contributed by atoms with Crippen LogP contribution in [0.3, 0.4) is 0 Å². The molecule has 3 aromatic rings. The lowest BCUT2D eigenvalue weighted by atomic mass is 9.84. The predicted molar refractivity (Wildman–Crippen MR) is 246 cm³/mol. The van der Waals surface area contributed by atoms with Crippen LogP contribution in [-0.2, 0) is 61.2 Å². The van der Waals surface area contributed by atoms with Gasteiger partial charge in [0.1, 0.15) is 40.9 Å². The molecule has 2 atom stereocenters. The third-order valence-corrected chi connectivity index (χ3v) is 10.9. The second kappa shape index (κ2) is 20.6. The Hall–Kier alpha value is -5.96. The van der Waals surface area contributed by atoms with Crippen LogP contribution in [0.25, 0.3) is 11.1 Å². The van der Waals surface area contributed by atoms with Crippen molar-refractivity contribution in [3.8, 4) is 16.9 Å². The molecule has 1 aromatic carbocycles. The number of aromatic nitrogens is 3. The number of esters is 1. The van der Waals surface area contributed by atoms with E-state index in [9.17, 15) is 36.9 Å². The topological polar surface area (TPSA) is 286 Å². The molecule has 5 N–H and O–H groups in total. The number of rotatable bonds is 18. The van der Waals surface area contributed by atoms with Crippen molar-refractivity contribution in [2.75, 3.05) is 31.6 Å². The molecule has 4 heterocycles. The monoisotopic (exact) mass is 1010 g/mol. The fourth-order valence-electron chi connectivity index (χ4n) is 6.71. The maximum absolute atomic E-state index is 15.9. The van der Waals surface area contributed by atoms with E-state index in [1.807, 2.05) is 10.9 Å². The van der Waals surface area contributed by atoms with E-state index in [0.717, 1.165) is 22.5 Å². The number of nitrogens with one attached hydrogen (secondary N) is 2. The van der Waals surface area contributed by atoms with Gasteiger partial charge >= 0.3 is 28.6 Å². The SMILES string of the molecule is CC(C)(C)OC(=O)Nc1nc(/C(=N/OC(COc2ccc(-c3cn(CCCN)[n+](CC4(F)CN(C(=O)OC(C)(C)C)C4)c3)cc2)C(=O)OC(C)(C)C)C(=O)N[C@@H]2C(=O)N(OS(=O)(=O)O)C2(C)C)cs1. The summed E-state index contributed by atoms with van der Waals surface area (Å²) in [6, 6.07) is 5.35. The van der Waals surface area contributed by atoms with Gasteiger partial charge in [-0.25, -0.2) is 23.8 Å². The van der Waals surface area contributed by atoms with Gasteiger partial charge in [0.2, 0.25) is 18.4 Å². The molecule has 0 bridgehead atoms. The third-order valence-electron chi connectivity index (χ3n) is 9.76. The van der Waals surface area contributed by atoms with Crippen LogP contribution >= 0.6 is 11.3 Å². The maximum atomic E-state index is 15.9. The van der Waals surface area contributed by atoms with Crippen molar-refractivity contribution in [2.45, 2.75) is 136 Å². The Kier molecular flexibility index (Phi) is 16.1. The van der Waals surface area contributed by atoms with E-state index in [1.54, 1.807) is 97.5 Å². The first-order valence-electron chi connectivity index (χ1n) is 21.7. The van der Waals surface area contributed by atoms with Crippen LogP contribution < -0.4 is 25.8 Å². The number of nitrogens with zero attached hydrogens (tertiary/aromatic N) is 6. The summed E-state index contributed by atoms with van der Waals surface area (Å²) < 4.78 is 78.1. The van der Waals surface area contributed by atoms with Crippen molar-refractivity contribution in [3.05, 3.63) is 47.7 Å². The minimum absolute atomic E-state index is 0.0239. The van der Waals surface area contributed by atoms with Gasteiger partial charge in [0.05, 0.1) is 36.9 Å². The first-order valence-corrected chi connectivity index (χ1v) is 23.9. The number of alkyl halides is 1. The number of carbonyl (C=O) groups excluding carboxylic acids is 5. The second-order valence-electron chi connectivity index (χ2n) is 19.9. The molecule has 4 amide bonds. The predicted octanol–water partition coefficient (Wildman–Crippen LogP) is 3.90. The van der Waals surface area contributed by atoms with Crippen molar-refractivity contribution in [3.63, 3.8) is 0 Å². The summed E-state index contributed by atoms with van der Waals surface area (Å²) >= 11 is 0.877. The van der Waals surface area contributed by atoms with Crippen LogP contribution in [0, 0.1) is 0 Å². The Balaban J connectivity index is 1.36. The average molecular weight is 1010 g/mol. The van der Waals surface area contributed by atoms with Gasteiger partial charge in [0, 0.05) is 5.38 Å². The number of aryl methyl sites for hydroxylation is 1. The van der Waals surface area contributed by atoms with Crippen molar-refractivity contribution in [1.29, 1.82) is 0 Å². The van der Waals surface area contributed by atoms with Crippen LogP contribution in [0.4, 0.5) is 19.1 Å². The molecule has 26 heteroatoms. The number of anilines is 1. The number of amides is 4. The van der Waals surface area contributed by atoms with Gasteiger partial charge in [0.25, 0.3) is 17.9 Å². The molecule has 2 saturated heterocycles. The summed E-state index contributed by atoms with van der Waals surface area (Å²) in [5.74, 6) is -2.78. The Morgan fingerprint density at radius 3 is 2.19 bits per heavy atom. The van der Waals surface area contributed by atoms with Crippen LogP contribution in [-0.4, -0.2) is 135 Å². The van der Waals surface area contributed by atoms with E-state index < -0.39 is 92.8 Å². The molecule has 1 unspecified atom stereocenters. The molecular weight excluding hydrogens is 950 g/mol. The summed E-state index contributed by atoms with van der Waals surface area (Å²) in [7, 11) is -5.10. The normalized spacial score (nSPS) is 17.5. The summed E-state index contributed by atoms with van der Waals surface area (Å²) in [4.78, 5) is 76.7. The highest BCUT2D eigenvalue weighted by Crippen LogP contribution is 2.33. The number of ether oxygens (including phenoxy) is 4. The Morgan fingerprint density at radius 2 is 1.62 bits per heavy atom. The number of benzene rings is 1. The summed E-state index contributed by atoms with van der Waals surface area (Å²) in [6.45, 7) is 17.9. The quantitative estimate of drug-likeness (QED) is 0.0267. The number of hydrogen-bond donors (Lipinski definition) is 4. The zero-order valence-corrected chi connectivity index (χ0v) is 42.0. The number of oxime groups is 1. The largest absolute Gasteiger partial charge is 0.489 e. The number of carbonyl (C=O) groups is 5. The first kappa shape index (κ1) is 54.0. The van der Waals surface area contributed by atoms with E-state index in [4.69, 9.17) is 29.5 Å². The van der Waals surface area contributed by atoms with Gasteiger partial charge in [-0.1, -0.05) is 17.3 Å². The molecule has 2 aromatic heterocycles. The van der Waals surface area contributed by atoms with Crippen molar-refractivity contribution < 1.29 is 74.1 Å². The molecule has 0 radical (unpaired) electrons. The Labute approximate surface area is 403 Å². The van der Waals surface area contributed by atoms with Gasteiger partial charge in [0.15, 0.2) is 10.8 Å². The summed E-state index contributed by atoms with van der Waals surface area (Å²) in [6.07, 6.45) is 1.24. The highest BCUT2D eigenvalue weighted by molar-refractivity contribution is 7.80. The number of hydroxylamine groups is 2. The number of β-lactam (4-membered cyclic amide) rings is 1. The maximum Gasteiger partial charge on any atom is 0.418 e. The lowest BCUT2D eigenvalue weighted by Gasteiger charge is -2.50. The lowest BCUT2D eigenvalue weighted by molar-refractivity contribution is -0.785. The van der Waals surface area contributed by atoms with E-state index in [2.05, 4.69) is 25.1 Å². The Bertz CT molecular complexity index is 2520. The minimum Gasteiger partial charge on any atom is -0.489 e. The van der Waals surface area contributed by atoms with E-state index in [0.29, 0.717) is 24.6 Å². The summed E-state index contributed by atoms with van der Waals surface area (Å²) in [5, 5.41) is 10.5. The molecule has 5 rings (SSSR count). The van der Waals surface area contributed by atoms with Gasteiger partial charge in [-0.2, -0.15) is 18.2 Å². The van der Waals surface area contributed by atoms with Gasteiger partial charge in [-0.15, -0.1) is 20.3 Å². The number of hydrogen-bond acceptors (Lipinski definition) is 17. The number of thiazole rings is 1. The molecular formula is C43H61FN9O14S2+. The van der Waals surface area contributed by atoms with Crippen LogP contribution in [0.2, 0.25) is 0 Å². The molecule has 0 saturated carbocycles. The fourth-order valence-corrected chi connectivity index (χ4v) is 7.85. The molecule has 0 aliphatic carbocycles. The number of nitrogens with two attached hydrogens (primary N) is 1. The Morgan fingerprint density at radius 1 is 1.00 bits per heavy atom. The number of halogens is 1. The molecule has 0 spiro atoms. The van der Waals surface area contributed by atoms with E-state index in [1.165, 1.54) is 24.1 Å². The molecule has 23 nitrogen and oxygen atoms in total. The first-order chi connectivity index (χ1) is 31.7. The molecule has 2 aliphatic rings. The molecule has 380 valence electrons. The lowest BCUT2D eigenvalue weighted by Crippen LogP contribution is -2.76. The smallest absolute Gasteiger partial charge is 0.418 e.